The molecular weight excluding hydrogens is 400 g/mol. The molecule has 6 nitrogen and oxygen atoms in total. The Morgan fingerprint density at radius 3 is 2.34 bits per heavy atom. The minimum atomic E-state index is -4.08. The number of hydrogen-bond acceptors (Lipinski definition) is 5. The predicted molar refractivity (Wildman–Crippen MR) is 102 cm³/mol. The second-order valence-corrected chi connectivity index (χ2v) is 7.70. The van der Waals surface area contributed by atoms with Gasteiger partial charge in [-0.05, 0) is 42.5 Å². The van der Waals surface area contributed by atoms with E-state index in [-0.39, 0.29) is 27.9 Å². The number of anilines is 1. The van der Waals surface area contributed by atoms with Gasteiger partial charge in [-0.25, -0.2) is 17.2 Å². The van der Waals surface area contributed by atoms with Crippen LogP contribution in [-0.4, -0.2) is 18.6 Å². The van der Waals surface area contributed by atoms with E-state index in [2.05, 4.69) is 14.9 Å². The maximum absolute atomic E-state index is 13.4. The Hall–Kier alpha value is -3.59. The topological polar surface area (TPSA) is 85.1 Å². The van der Waals surface area contributed by atoms with Crippen LogP contribution in [0.1, 0.15) is 0 Å². The number of rotatable bonds is 5. The van der Waals surface area contributed by atoms with E-state index in [1.165, 1.54) is 54.6 Å². The van der Waals surface area contributed by atoms with Gasteiger partial charge in [-0.15, -0.1) is 0 Å². The average molecular weight is 413 g/mol. The third-order valence-corrected chi connectivity index (χ3v) is 5.43. The van der Waals surface area contributed by atoms with Crippen molar-refractivity contribution in [1.82, 2.24) is 10.1 Å². The van der Waals surface area contributed by atoms with Crippen molar-refractivity contribution in [2.24, 2.45) is 0 Å². The molecule has 1 aromatic heterocycles. The summed E-state index contributed by atoms with van der Waals surface area (Å²) >= 11 is 0. The molecule has 0 aliphatic rings. The lowest BCUT2D eigenvalue weighted by atomic mass is 10.2. The number of halogens is 2. The fourth-order valence-corrected chi connectivity index (χ4v) is 3.97. The summed E-state index contributed by atoms with van der Waals surface area (Å²) < 4.78 is 60.1. The molecule has 0 amide bonds. The van der Waals surface area contributed by atoms with Crippen molar-refractivity contribution in [3.63, 3.8) is 0 Å². The number of nitrogens with one attached hydrogen (secondary N) is 1. The van der Waals surface area contributed by atoms with Gasteiger partial charge < -0.3 is 4.52 Å². The van der Waals surface area contributed by atoms with Gasteiger partial charge in [0.15, 0.2) is 0 Å². The highest BCUT2D eigenvalue weighted by molar-refractivity contribution is 7.92. The lowest BCUT2D eigenvalue weighted by Gasteiger charge is -2.10. The highest BCUT2D eigenvalue weighted by Crippen LogP contribution is 2.29. The van der Waals surface area contributed by atoms with E-state index in [1.54, 1.807) is 12.1 Å². The van der Waals surface area contributed by atoms with Gasteiger partial charge in [0.05, 0.1) is 11.3 Å². The van der Waals surface area contributed by atoms with Gasteiger partial charge in [-0.1, -0.05) is 35.5 Å². The van der Waals surface area contributed by atoms with E-state index in [0.717, 1.165) is 6.07 Å². The summed E-state index contributed by atoms with van der Waals surface area (Å²) in [5, 5.41) is 3.81. The van der Waals surface area contributed by atoms with E-state index < -0.39 is 21.7 Å². The SMILES string of the molecule is O=S(=O)(Nc1cccc(F)c1)c1ccccc1-c1nc(-c2cccc(F)c2)no1. The number of nitrogens with zero attached hydrogens (tertiary/aromatic N) is 2. The van der Waals surface area contributed by atoms with Crippen molar-refractivity contribution < 1.29 is 21.7 Å². The van der Waals surface area contributed by atoms with Gasteiger partial charge >= 0.3 is 0 Å². The van der Waals surface area contributed by atoms with Gasteiger partial charge in [0.2, 0.25) is 5.82 Å². The third-order valence-electron chi connectivity index (χ3n) is 3.99. The molecule has 0 radical (unpaired) electrons. The Kier molecular flexibility index (Phi) is 4.81. The maximum atomic E-state index is 13.4. The molecule has 0 atom stereocenters. The largest absolute Gasteiger partial charge is 0.334 e. The molecule has 1 N–H and O–H groups in total. The van der Waals surface area contributed by atoms with Crippen LogP contribution >= 0.6 is 0 Å². The van der Waals surface area contributed by atoms with Gasteiger partial charge in [0.1, 0.15) is 16.5 Å². The second kappa shape index (κ2) is 7.44. The van der Waals surface area contributed by atoms with Crippen LogP contribution in [0.15, 0.2) is 82.2 Å². The monoisotopic (exact) mass is 413 g/mol. The van der Waals surface area contributed by atoms with Crippen LogP contribution in [0.2, 0.25) is 0 Å². The Labute approximate surface area is 164 Å². The Morgan fingerprint density at radius 1 is 0.862 bits per heavy atom. The zero-order chi connectivity index (χ0) is 20.4. The fourth-order valence-electron chi connectivity index (χ4n) is 2.72. The zero-order valence-electron chi connectivity index (χ0n) is 14.7. The van der Waals surface area contributed by atoms with Crippen LogP contribution in [-0.2, 0) is 10.0 Å². The molecule has 0 spiro atoms. The van der Waals surface area contributed by atoms with Crippen molar-refractivity contribution in [2.75, 3.05) is 4.72 Å². The average Bonchev–Trinajstić information content (AvgIpc) is 3.18. The van der Waals surface area contributed by atoms with E-state index in [0.29, 0.717) is 5.56 Å². The summed E-state index contributed by atoms with van der Waals surface area (Å²) in [5.41, 5.74) is 0.621. The van der Waals surface area contributed by atoms with E-state index in [4.69, 9.17) is 4.52 Å². The second-order valence-electron chi connectivity index (χ2n) is 6.05. The Morgan fingerprint density at radius 2 is 1.59 bits per heavy atom. The highest BCUT2D eigenvalue weighted by Gasteiger charge is 2.23. The number of aromatic nitrogens is 2. The molecule has 4 rings (SSSR count). The van der Waals surface area contributed by atoms with Crippen LogP contribution in [0.4, 0.5) is 14.5 Å². The molecule has 0 saturated carbocycles. The number of sulfonamides is 1. The number of benzene rings is 3. The standard InChI is InChI=1S/C20H13F2N3O3S/c21-14-6-3-5-13(11-14)19-23-20(28-24-19)17-9-1-2-10-18(17)29(26,27)25-16-8-4-7-15(22)12-16/h1-12,25H. The molecule has 4 aromatic rings. The van der Waals surface area contributed by atoms with E-state index >= 15 is 0 Å². The van der Waals surface area contributed by atoms with Crippen molar-refractivity contribution in [3.05, 3.63) is 84.4 Å². The zero-order valence-corrected chi connectivity index (χ0v) is 15.5. The summed E-state index contributed by atoms with van der Waals surface area (Å²) in [7, 11) is -4.08. The van der Waals surface area contributed by atoms with E-state index in [9.17, 15) is 17.2 Å². The molecule has 0 bridgehead atoms. The Bertz CT molecular complexity index is 1290. The molecule has 0 aliphatic carbocycles. The summed E-state index contributed by atoms with van der Waals surface area (Å²) in [6, 6.07) is 16.7. The first-order chi connectivity index (χ1) is 13.9. The van der Waals surface area contributed by atoms with Crippen LogP contribution in [0, 0.1) is 11.6 Å². The molecule has 9 heteroatoms. The molecule has 0 saturated heterocycles. The molecule has 1 heterocycles. The predicted octanol–water partition coefficient (Wildman–Crippen LogP) is 4.48. The molecule has 3 aromatic carbocycles. The summed E-state index contributed by atoms with van der Waals surface area (Å²) in [5.74, 6) is -0.972. The summed E-state index contributed by atoms with van der Waals surface area (Å²) in [4.78, 5) is 4.06. The van der Waals surface area contributed by atoms with Crippen LogP contribution in [0.5, 0.6) is 0 Å². The first kappa shape index (κ1) is 18.8. The first-order valence-electron chi connectivity index (χ1n) is 8.40. The molecule has 0 aliphatic heterocycles. The first-order valence-corrected chi connectivity index (χ1v) is 9.88. The summed E-state index contributed by atoms with van der Waals surface area (Å²) in [6.07, 6.45) is 0. The molecule has 29 heavy (non-hydrogen) atoms. The fraction of sp³-hybridized carbons (Fsp3) is 0. The van der Waals surface area contributed by atoms with Gasteiger partial charge in [-0.2, -0.15) is 4.98 Å². The van der Waals surface area contributed by atoms with Crippen LogP contribution < -0.4 is 4.72 Å². The highest BCUT2D eigenvalue weighted by atomic mass is 32.2. The molecular formula is C20H13F2N3O3S. The lowest BCUT2D eigenvalue weighted by molar-refractivity contribution is 0.431. The summed E-state index contributed by atoms with van der Waals surface area (Å²) in [6.45, 7) is 0. The molecule has 0 unspecified atom stereocenters. The third kappa shape index (κ3) is 3.99. The van der Waals surface area contributed by atoms with Crippen LogP contribution in [0.25, 0.3) is 22.8 Å². The van der Waals surface area contributed by atoms with Crippen molar-refractivity contribution in [2.45, 2.75) is 4.90 Å². The van der Waals surface area contributed by atoms with Crippen molar-refractivity contribution in [3.8, 4) is 22.8 Å². The number of hydrogen-bond donors (Lipinski definition) is 1. The molecule has 0 fully saturated rings. The minimum absolute atomic E-state index is 0.0514. The maximum Gasteiger partial charge on any atom is 0.262 e. The van der Waals surface area contributed by atoms with Gasteiger partial charge in [0, 0.05) is 5.56 Å². The molecule has 146 valence electrons. The lowest BCUT2D eigenvalue weighted by Crippen LogP contribution is -2.14. The van der Waals surface area contributed by atoms with Crippen molar-refractivity contribution >= 4 is 15.7 Å². The minimum Gasteiger partial charge on any atom is -0.334 e. The quantitative estimate of drug-likeness (QED) is 0.521. The Balaban J connectivity index is 1.72. The normalized spacial score (nSPS) is 11.4. The van der Waals surface area contributed by atoms with Crippen molar-refractivity contribution in [1.29, 1.82) is 0 Å². The smallest absolute Gasteiger partial charge is 0.262 e. The van der Waals surface area contributed by atoms with Crippen LogP contribution in [0.3, 0.4) is 0 Å². The van der Waals surface area contributed by atoms with E-state index in [1.807, 2.05) is 0 Å². The van der Waals surface area contributed by atoms with Gasteiger partial charge in [0.25, 0.3) is 15.9 Å². The van der Waals surface area contributed by atoms with Gasteiger partial charge in [-0.3, -0.25) is 4.72 Å².